The Kier molecular flexibility index (Phi) is 24.6. The molecule has 6 aromatic rings. The number of carbonyl (C=O) groups excluding carboxylic acids is 8. The van der Waals surface area contributed by atoms with Gasteiger partial charge in [0.15, 0.2) is 23.1 Å². The molecule has 4 aliphatic carbocycles. The van der Waals surface area contributed by atoms with E-state index in [2.05, 4.69) is 33.3 Å². The Morgan fingerprint density at radius 3 is 1.23 bits per heavy atom. The van der Waals surface area contributed by atoms with Crippen LogP contribution in [0.15, 0.2) is 134 Å². The van der Waals surface area contributed by atoms with Crippen LogP contribution in [-0.4, -0.2) is 173 Å². The predicted octanol–water partition coefficient (Wildman–Crippen LogP) is 13.0. The van der Waals surface area contributed by atoms with E-state index in [0.717, 1.165) is 58.6 Å². The van der Waals surface area contributed by atoms with Gasteiger partial charge in [-0.1, -0.05) is 52.0 Å². The second-order valence-corrected chi connectivity index (χ2v) is 39.7. The number of carbonyl (C=O) groups is 8. The molecule has 0 radical (unpaired) electrons. The summed E-state index contributed by atoms with van der Waals surface area (Å²) in [7, 11) is 2.99. The van der Waals surface area contributed by atoms with Crippen LogP contribution in [0.3, 0.4) is 0 Å². The summed E-state index contributed by atoms with van der Waals surface area (Å²) in [5.74, 6) is -2.91. The highest BCUT2D eigenvalue weighted by Crippen LogP contribution is 2.59. The number of nitrogens with one attached hydrogen (secondary N) is 2. The topological polar surface area (TPSA) is 305 Å². The Hall–Kier alpha value is -9.56. The molecular formula is C90H112N8O16S2. The smallest absolute Gasteiger partial charge is 0.240 e. The molecule has 0 spiro atoms. The number of hydrogen-bond donors (Lipinski definition) is 2. The highest BCUT2D eigenvalue weighted by Gasteiger charge is 2.65. The van der Waals surface area contributed by atoms with Crippen molar-refractivity contribution in [2.24, 2.45) is 58.2 Å². The molecule has 8 aliphatic rings. The van der Waals surface area contributed by atoms with Gasteiger partial charge in [-0.05, 0) is 234 Å². The number of ketones is 4. The van der Waals surface area contributed by atoms with Gasteiger partial charge in [0, 0.05) is 124 Å². The maximum atomic E-state index is 15.1. The van der Waals surface area contributed by atoms with Crippen molar-refractivity contribution in [3.05, 3.63) is 145 Å². The van der Waals surface area contributed by atoms with Crippen molar-refractivity contribution in [3.63, 3.8) is 0 Å². The van der Waals surface area contributed by atoms with E-state index in [-0.39, 0.29) is 122 Å². The first kappa shape index (κ1) is 84.4. The van der Waals surface area contributed by atoms with E-state index in [4.69, 9.17) is 18.9 Å². The molecule has 4 aliphatic heterocycles. The predicted molar refractivity (Wildman–Crippen MR) is 444 cm³/mol. The average Bonchev–Trinajstić information content (AvgIpc) is 1.57. The Balaban J connectivity index is 0.000000202. The largest absolute Gasteiger partial charge is 0.497 e. The zero-order valence-corrected chi connectivity index (χ0v) is 70.4. The first-order chi connectivity index (χ1) is 55.1. The molecule has 4 saturated carbocycles. The van der Waals surface area contributed by atoms with Crippen LogP contribution in [0.25, 0.3) is 21.5 Å². The van der Waals surface area contributed by atoms with Gasteiger partial charge in [0.25, 0.3) is 0 Å². The van der Waals surface area contributed by atoms with Crippen molar-refractivity contribution >= 4 is 99.7 Å². The van der Waals surface area contributed by atoms with E-state index < -0.39 is 88.3 Å². The van der Waals surface area contributed by atoms with Crippen LogP contribution in [0.4, 0.5) is 11.4 Å². The molecule has 116 heavy (non-hydrogen) atoms. The fourth-order valence-electron chi connectivity index (χ4n) is 17.7. The molecule has 2 saturated heterocycles. The zero-order chi connectivity index (χ0) is 83.1. The molecule has 620 valence electrons. The minimum absolute atomic E-state index is 0.0331. The number of hydrogen-bond acceptors (Lipinski definition) is 20. The normalized spacial score (nSPS) is 29.0. The number of Topliss-reactive ketones (excluding diaryl/α,β-unsaturated/α-hetero) is 4. The van der Waals surface area contributed by atoms with Gasteiger partial charge in [0.1, 0.15) is 23.7 Å². The summed E-state index contributed by atoms with van der Waals surface area (Å²) in [6.07, 6.45) is 16.8. The summed E-state index contributed by atoms with van der Waals surface area (Å²) in [5.41, 5.74) is 0.399. The number of anilines is 2. The van der Waals surface area contributed by atoms with Crippen molar-refractivity contribution in [1.29, 1.82) is 0 Å². The Labute approximate surface area is 681 Å². The van der Waals surface area contributed by atoms with Gasteiger partial charge < -0.3 is 38.5 Å². The summed E-state index contributed by atoms with van der Waals surface area (Å²) in [4.78, 5) is 132. The molecule has 6 heterocycles. The van der Waals surface area contributed by atoms with Gasteiger partial charge in [-0.2, -0.15) is 0 Å². The van der Waals surface area contributed by atoms with Crippen molar-refractivity contribution < 1.29 is 74.1 Å². The zero-order valence-electron chi connectivity index (χ0n) is 68.8. The number of pyridine rings is 2. The molecule has 0 bridgehead atoms. The number of allylic oxidation sites excluding steroid dienone is 4. The number of rotatable bonds is 20. The lowest BCUT2D eigenvalue weighted by Gasteiger charge is -2.32. The molecule has 4 aromatic carbocycles. The van der Waals surface area contributed by atoms with Crippen molar-refractivity contribution in [1.82, 2.24) is 29.2 Å². The van der Waals surface area contributed by atoms with E-state index in [1.807, 2.05) is 149 Å². The fraction of sp³-hybridized carbons (Fsp3) is 0.533. The molecule has 26 heteroatoms. The van der Waals surface area contributed by atoms with Crippen molar-refractivity contribution in [2.45, 2.75) is 191 Å². The number of amides is 4. The Morgan fingerprint density at radius 1 is 0.517 bits per heavy atom. The van der Waals surface area contributed by atoms with E-state index in [1.165, 1.54) is 0 Å². The second-order valence-electron chi connectivity index (χ2n) is 35.4. The van der Waals surface area contributed by atoms with Crippen LogP contribution < -0.4 is 38.2 Å². The lowest BCUT2D eigenvalue weighted by atomic mass is 9.80. The van der Waals surface area contributed by atoms with Gasteiger partial charge in [-0.25, -0.2) is 26.8 Å². The van der Waals surface area contributed by atoms with Gasteiger partial charge in [-0.15, -0.1) is 0 Å². The number of nitrogens with zero attached hydrogens (tertiary/aromatic N) is 6. The Bertz CT molecular complexity index is 4750. The van der Waals surface area contributed by atoms with Crippen LogP contribution in [0.1, 0.15) is 178 Å². The van der Waals surface area contributed by atoms with Gasteiger partial charge in [0.2, 0.25) is 55.4 Å². The minimum Gasteiger partial charge on any atom is -0.497 e. The molecule has 2 N–H and O–H groups in total. The lowest BCUT2D eigenvalue weighted by molar-refractivity contribution is -0.143. The van der Waals surface area contributed by atoms with E-state index >= 15 is 9.59 Å². The lowest BCUT2D eigenvalue weighted by Crippen LogP contribution is -2.48. The molecule has 2 unspecified atom stereocenters. The molecule has 14 atom stereocenters. The Morgan fingerprint density at radius 2 is 0.888 bits per heavy atom. The number of sulfonamides is 2. The molecular weight excluding hydrogens is 1510 g/mol. The number of benzene rings is 4. The summed E-state index contributed by atoms with van der Waals surface area (Å²) < 4.78 is 79.7. The van der Waals surface area contributed by atoms with E-state index in [9.17, 15) is 45.6 Å². The summed E-state index contributed by atoms with van der Waals surface area (Å²) in [6.45, 7) is 11.7. The third kappa shape index (κ3) is 18.1. The fourth-order valence-corrected chi connectivity index (χ4v) is 20.4. The van der Waals surface area contributed by atoms with Gasteiger partial charge in [0.05, 0.1) is 59.7 Å². The maximum absolute atomic E-state index is 15.1. The molecule has 24 nitrogen and oxygen atoms in total. The van der Waals surface area contributed by atoms with Crippen LogP contribution in [0.2, 0.25) is 0 Å². The third-order valence-corrected chi connectivity index (χ3v) is 30.6. The first-order valence-corrected chi connectivity index (χ1v) is 44.0. The maximum Gasteiger partial charge on any atom is 0.240 e. The highest BCUT2D eigenvalue weighted by atomic mass is 32.2. The van der Waals surface area contributed by atoms with Crippen molar-refractivity contribution in [2.75, 3.05) is 65.3 Å². The van der Waals surface area contributed by atoms with Crippen LogP contribution in [0, 0.1) is 58.2 Å². The number of fused-ring (bicyclic) bond motifs is 6. The number of aromatic nitrogens is 2. The monoisotopic (exact) mass is 1620 g/mol. The number of ether oxygens (including phenoxy) is 4. The second kappa shape index (κ2) is 33.8. The van der Waals surface area contributed by atoms with Crippen molar-refractivity contribution in [3.8, 4) is 23.3 Å². The highest BCUT2D eigenvalue weighted by molar-refractivity contribution is 7.92. The summed E-state index contributed by atoms with van der Waals surface area (Å²) >= 11 is 0. The van der Waals surface area contributed by atoms with Crippen LogP contribution in [-0.2, 0) is 48.8 Å². The quantitative estimate of drug-likeness (QED) is 0.0530. The third-order valence-electron chi connectivity index (χ3n) is 26.2. The summed E-state index contributed by atoms with van der Waals surface area (Å²) in [5, 5.41) is 3.18. The van der Waals surface area contributed by atoms with E-state index in [0.29, 0.717) is 85.8 Å². The van der Waals surface area contributed by atoms with Gasteiger partial charge in [-0.3, -0.25) is 47.8 Å². The first-order valence-electron chi connectivity index (χ1n) is 41.0. The molecule has 4 amide bonds. The summed E-state index contributed by atoms with van der Waals surface area (Å²) in [6, 6.07) is 27.5. The minimum atomic E-state index is -3.95. The van der Waals surface area contributed by atoms with E-state index in [1.54, 1.807) is 74.5 Å². The standard InChI is InChI=1S/2C45H56N4O8S/c2*1-28-9-7-8-10-32-25-45(32,43(53)47-58(54,55)44(3)18-19-44)26-40(51)38-23-35(57-41-36-16-15-34(56-6)22-31(36)17-20-46-41)27-49(38)42(52)37(29(2)21-28)24-39(50)30-11-13-33(14-12-30)48(4)5/h2*8,10-17,20,22,28-29,32,35,37-38H,7,9,18-19,21,23-27H2,1-6H3,(H,47,53)/b2*10-8-/t28-,29+,32+,35+,37-,38?,45+;28-,29-,32-,35-,37+,38?,45-/m01/s1. The number of methoxy groups -OCH3 is 2. The van der Waals surface area contributed by atoms with Crippen LogP contribution >= 0.6 is 0 Å². The average molecular weight is 1630 g/mol. The molecule has 6 fully saturated rings. The van der Waals surface area contributed by atoms with Crippen LogP contribution in [0.5, 0.6) is 23.3 Å². The van der Waals surface area contributed by atoms with Gasteiger partial charge >= 0.3 is 0 Å². The molecule has 14 rings (SSSR count). The molecule has 2 aromatic heterocycles. The SMILES string of the molecule is COc1ccc2c(O[C@@H]3CC4C(=O)C[C@]5(C(=O)NS(=O)(=O)C6(C)CC6)C[C@H]5/C=C\CC[C@@H](C)C[C@@H](C)[C@H](CC(=O)c5ccc(N(C)C)cc5)C(=O)N4C3)nccc2c1.COc1ccc2c(O[C@@H]3CC4C(=O)C[C@]5(C(=O)NS(=O)(=O)C6(C)CC6)C[C@H]5/C=C\CC[C@H](C)C[C@@H](C)[C@H](CC(=O)c5ccc(N(C)C)cc5)C(=O)N4C3)nccc2c1.